The number of hydrogen-bond acceptors (Lipinski definition) is 3. The Balaban J connectivity index is 1.49. The molecule has 0 unspecified atom stereocenters. The third kappa shape index (κ3) is 4.58. The summed E-state index contributed by atoms with van der Waals surface area (Å²) in [4.78, 5) is 2.74. The highest BCUT2D eigenvalue weighted by Gasteiger charge is 2.50. The van der Waals surface area contributed by atoms with E-state index in [2.05, 4.69) is 80.3 Å². The van der Waals surface area contributed by atoms with Crippen LogP contribution in [0.15, 0.2) is 54.6 Å². The molecule has 3 heteroatoms. The first kappa shape index (κ1) is 21.4. The highest BCUT2D eigenvalue weighted by molar-refractivity contribution is 5.36. The zero-order valence-electron chi connectivity index (χ0n) is 18.9. The van der Waals surface area contributed by atoms with E-state index in [4.69, 9.17) is 10.5 Å². The topological polar surface area (TPSA) is 38.5 Å². The maximum atomic E-state index is 6.65. The van der Waals surface area contributed by atoms with Crippen molar-refractivity contribution in [3.05, 3.63) is 65.7 Å². The van der Waals surface area contributed by atoms with Crippen LogP contribution < -0.4 is 10.5 Å². The van der Waals surface area contributed by atoms with Crippen molar-refractivity contribution in [1.82, 2.24) is 4.90 Å². The van der Waals surface area contributed by atoms with Crippen molar-refractivity contribution in [3.63, 3.8) is 0 Å². The number of aryl methyl sites for hydroxylation is 1. The Bertz CT molecular complexity index is 821. The average molecular weight is 407 g/mol. The Labute approximate surface area is 182 Å². The molecule has 2 fully saturated rings. The molecule has 1 saturated heterocycles. The van der Waals surface area contributed by atoms with Crippen molar-refractivity contribution < 1.29 is 4.74 Å². The van der Waals surface area contributed by atoms with Gasteiger partial charge in [0.15, 0.2) is 0 Å². The Hall–Kier alpha value is -1.84. The van der Waals surface area contributed by atoms with Crippen molar-refractivity contribution in [2.75, 3.05) is 13.1 Å². The Morgan fingerprint density at radius 3 is 2.67 bits per heavy atom. The molecule has 1 saturated carbocycles. The number of likely N-dealkylation sites (tertiary alicyclic amines) is 1. The van der Waals surface area contributed by atoms with Crippen LogP contribution in [-0.4, -0.2) is 36.2 Å². The minimum absolute atomic E-state index is 0.175. The standard InChI is InChI=1S/C27H38N2O/c1-20(2)30-26-13-7-12-23(15-26)27-17-24(28)16-25(18-27)29(19-21(27)3)14-8-11-22-9-5-4-6-10-22/h4-7,9-10,12-13,15,20-21,24-25H,8,11,14,16-19,28H2,1-3H3/t21-,24+,25+,27+/m1/s1. The van der Waals surface area contributed by atoms with Crippen LogP contribution in [-0.2, 0) is 11.8 Å². The predicted molar refractivity (Wildman–Crippen MR) is 125 cm³/mol. The fraction of sp³-hybridized carbons (Fsp3) is 0.556. The van der Waals surface area contributed by atoms with Gasteiger partial charge in [-0.1, -0.05) is 49.4 Å². The first-order valence-corrected chi connectivity index (χ1v) is 11.8. The second-order valence-corrected chi connectivity index (χ2v) is 9.89. The molecular weight excluding hydrogens is 368 g/mol. The molecule has 4 atom stereocenters. The van der Waals surface area contributed by atoms with Gasteiger partial charge in [0.25, 0.3) is 0 Å². The maximum Gasteiger partial charge on any atom is 0.119 e. The molecule has 0 amide bonds. The predicted octanol–water partition coefficient (Wildman–Crippen LogP) is 5.18. The molecule has 1 aliphatic heterocycles. The van der Waals surface area contributed by atoms with Gasteiger partial charge in [0.2, 0.25) is 0 Å². The van der Waals surface area contributed by atoms with E-state index >= 15 is 0 Å². The number of fused-ring (bicyclic) bond motifs is 2. The lowest BCUT2D eigenvalue weighted by Crippen LogP contribution is -2.60. The van der Waals surface area contributed by atoms with Gasteiger partial charge in [0.05, 0.1) is 6.10 Å². The summed E-state index contributed by atoms with van der Waals surface area (Å²) in [7, 11) is 0. The normalized spacial score (nSPS) is 29.2. The largest absolute Gasteiger partial charge is 0.491 e. The highest BCUT2D eigenvalue weighted by Crippen LogP contribution is 2.50. The monoisotopic (exact) mass is 406 g/mol. The second kappa shape index (κ2) is 9.11. The number of rotatable bonds is 7. The van der Waals surface area contributed by atoms with Gasteiger partial charge >= 0.3 is 0 Å². The van der Waals surface area contributed by atoms with E-state index in [1.54, 1.807) is 0 Å². The molecule has 2 N–H and O–H groups in total. The molecule has 1 heterocycles. The first-order valence-electron chi connectivity index (χ1n) is 11.8. The van der Waals surface area contributed by atoms with Crippen LogP contribution in [0.4, 0.5) is 0 Å². The molecule has 2 aliphatic rings. The quantitative estimate of drug-likeness (QED) is 0.689. The molecule has 0 aromatic heterocycles. The number of benzene rings is 2. The van der Waals surface area contributed by atoms with Gasteiger partial charge in [0, 0.05) is 24.0 Å². The summed E-state index contributed by atoms with van der Waals surface area (Å²) in [6, 6.07) is 20.6. The van der Waals surface area contributed by atoms with E-state index < -0.39 is 0 Å². The number of nitrogens with two attached hydrogens (primary N) is 1. The minimum Gasteiger partial charge on any atom is -0.491 e. The summed E-state index contributed by atoms with van der Waals surface area (Å²) in [6.45, 7) is 8.96. The summed E-state index contributed by atoms with van der Waals surface area (Å²) in [5.74, 6) is 1.58. The van der Waals surface area contributed by atoms with Gasteiger partial charge in [0.1, 0.15) is 5.75 Å². The van der Waals surface area contributed by atoms with Crippen LogP contribution in [0.5, 0.6) is 5.75 Å². The first-order chi connectivity index (χ1) is 14.5. The van der Waals surface area contributed by atoms with Crippen LogP contribution >= 0.6 is 0 Å². The molecule has 2 aromatic rings. The molecule has 30 heavy (non-hydrogen) atoms. The molecule has 0 radical (unpaired) electrons. The summed E-state index contributed by atoms with van der Waals surface area (Å²) < 4.78 is 6.02. The van der Waals surface area contributed by atoms with Gasteiger partial charge in [-0.3, -0.25) is 4.90 Å². The fourth-order valence-corrected chi connectivity index (χ4v) is 5.92. The number of piperidine rings is 1. The van der Waals surface area contributed by atoms with Crippen molar-refractivity contribution in [2.24, 2.45) is 11.7 Å². The van der Waals surface area contributed by atoms with Crippen molar-refractivity contribution in [2.45, 2.75) is 76.5 Å². The number of hydrogen-bond donors (Lipinski definition) is 1. The SMILES string of the molecule is CC(C)Oc1cccc([C@@]23C[C@@H](N)C[C@@H](C2)N(CCCc2ccccc2)C[C@H]3C)c1. The van der Waals surface area contributed by atoms with Gasteiger partial charge in [-0.15, -0.1) is 0 Å². The highest BCUT2D eigenvalue weighted by atomic mass is 16.5. The Kier molecular flexibility index (Phi) is 6.50. The molecule has 2 aromatic carbocycles. The van der Waals surface area contributed by atoms with Crippen LogP contribution in [0.2, 0.25) is 0 Å². The average Bonchev–Trinajstić information content (AvgIpc) is 2.72. The second-order valence-electron chi connectivity index (χ2n) is 9.89. The molecule has 1 aliphatic carbocycles. The molecule has 3 nitrogen and oxygen atoms in total. The molecule has 162 valence electrons. The summed E-state index contributed by atoms with van der Waals surface area (Å²) in [5.41, 5.74) is 9.70. The maximum absolute atomic E-state index is 6.65. The van der Waals surface area contributed by atoms with Crippen molar-refractivity contribution in [3.8, 4) is 5.75 Å². The smallest absolute Gasteiger partial charge is 0.119 e. The van der Waals surface area contributed by atoms with Crippen molar-refractivity contribution in [1.29, 1.82) is 0 Å². The molecular formula is C27H38N2O. The van der Waals surface area contributed by atoms with Crippen LogP contribution in [0.3, 0.4) is 0 Å². The van der Waals surface area contributed by atoms with Gasteiger partial charge < -0.3 is 10.5 Å². The van der Waals surface area contributed by atoms with Crippen LogP contribution in [0, 0.1) is 5.92 Å². The summed E-state index contributed by atoms with van der Waals surface area (Å²) in [6.07, 6.45) is 6.01. The lowest BCUT2D eigenvalue weighted by atomic mass is 9.57. The minimum atomic E-state index is 0.175. The molecule has 2 bridgehead atoms. The fourth-order valence-electron chi connectivity index (χ4n) is 5.92. The van der Waals surface area contributed by atoms with E-state index in [0.29, 0.717) is 12.0 Å². The number of ether oxygens (including phenoxy) is 1. The zero-order valence-corrected chi connectivity index (χ0v) is 18.9. The summed E-state index contributed by atoms with van der Waals surface area (Å²) >= 11 is 0. The van der Waals surface area contributed by atoms with Gasteiger partial charge in [-0.25, -0.2) is 0 Å². The lowest BCUT2D eigenvalue weighted by Gasteiger charge is -2.56. The number of nitrogens with zero attached hydrogens (tertiary/aromatic N) is 1. The zero-order chi connectivity index (χ0) is 21.1. The van der Waals surface area contributed by atoms with Crippen LogP contribution in [0.1, 0.15) is 57.6 Å². The summed E-state index contributed by atoms with van der Waals surface area (Å²) in [5, 5.41) is 0. The van der Waals surface area contributed by atoms with Crippen LogP contribution in [0.25, 0.3) is 0 Å². The third-order valence-electron chi connectivity index (χ3n) is 7.30. The Morgan fingerprint density at radius 1 is 1.10 bits per heavy atom. The Morgan fingerprint density at radius 2 is 1.90 bits per heavy atom. The molecule has 4 rings (SSSR count). The van der Waals surface area contributed by atoms with Gasteiger partial charge in [-0.2, -0.15) is 0 Å². The van der Waals surface area contributed by atoms with E-state index in [9.17, 15) is 0 Å². The third-order valence-corrected chi connectivity index (χ3v) is 7.30. The van der Waals surface area contributed by atoms with E-state index in [1.165, 1.54) is 37.1 Å². The van der Waals surface area contributed by atoms with E-state index in [1.807, 2.05) is 0 Å². The van der Waals surface area contributed by atoms with E-state index in [-0.39, 0.29) is 17.6 Å². The molecule has 0 spiro atoms. The van der Waals surface area contributed by atoms with Crippen molar-refractivity contribution >= 4 is 0 Å². The lowest BCUT2D eigenvalue weighted by molar-refractivity contribution is 0.00187. The van der Waals surface area contributed by atoms with Gasteiger partial charge in [-0.05, 0) is 81.7 Å². The van der Waals surface area contributed by atoms with E-state index in [0.717, 1.165) is 25.0 Å².